The molecule has 126 valence electrons. The quantitative estimate of drug-likeness (QED) is 0.422. The summed E-state index contributed by atoms with van der Waals surface area (Å²) in [6, 6.07) is 1.06. The van der Waals surface area contributed by atoms with Crippen molar-refractivity contribution in [3.8, 4) is 17.2 Å². The maximum atomic E-state index is 12.1. The molecule has 0 bridgehead atoms. The highest BCUT2D eigenvalue weighted by atomic mass is 16.6. The van der Waals surface area contributed by atoms with Gasteiger partial charge < -0.3 is 39.7 Å². The third-order valence-corrected chi connectivity index (χ3v) is 4.09. The zero-order valence-electron chi connectivity index (χ0n) is 12.0. The molecule has 0 aliphatic carbocycles. The smallest absolute Gasteiger partial charge is 0.339 e. The topological polar surface area (TPSA) is 146 Å². The summed E-state index contributed by atoms with van der Waals surface area (Å²) in [4.78, 5) is 12.1. The number of fused-ring (bicyclic) bond motifs is 3. The van der Waals surface area contributed by atoms with Gasteiger partial charge in [0, 0.05) is 5.56 Å². The van der Waals surface area contributed by atoms with Crippen LogP contribution in [-0.2, 0) is 9.47 Å². The summed E-state index contributed by atoms with van der Waals surface area (Å²) in [6.45, 7) is -0.583. The SMILES string of the molecule is COc1c(O)cc2c(c1O)C1O[C@H](CO)[C@@H](O)C(O)[C@H]1OC2=O. The fourth-order valence-electron chi connectivity index (χ4n) is 2.95. The number of aromatic hydroxyl groups is 2. The molecule has 0 amide bonds. The lowest BCUT2D eigenvalue weighted by Gasteiger charge is -2.44. The third-order valence-electron chi connectivity index (χ3n) is 4.09. The monoisotopic (exact) mass is 328 g/mol. The molecular formula is C14H16O9. The summed E-state index contributed by atoms with van der Waals surface area (Å²) in [5.41, 5.74) is -0.187. The van der Waals surface area contributed by atoms with Crippen molar-refractivity contribution in [3.05, 3.63) is 17.2 Å². The van der Waals surface area contributed by atoms with E-state index in [0.717, 1.165) is 6.07 Å². The summed E-state index contributed by atoms with van der Waals surface area (Å²) in [6.07, 6.45) is -6.50. The molecule has 0 aromatic heterocycles. The van der Waals surface area contributed by atoms with Crippen LogP contribution in [-0.4, -0.2) is 69.6 Å². The minimum absolute atomic E-state index is 0.0368. The van der Waals surface area contributed by atoms with Gasteiger partial charge in [0.1, 0.15) is 24.4 Å². The first-order valence-corrected chi connectivity index (χ1v) is 6.87. The van der Waals surface area contributed by atoms with E-state index in [-0.39, 0.29) is 16.9 Å². The van der Waals surface area contributed by atoms with Gasteiger partial charge in [-0.2, -0.15) is 0 Å². The highest BCUT2D eigenvalue weighted by Crippen LogP contribution is 2.49. The lowest BCUT2D eigenvalue weighted by Crippen LogP contribution is -2.58. The number of phenolic OH excluding ortho intramolecular Hbond substituents is 2. The van der Waals surface area contributed by atoms with Crippen LogP contribution in [0.1, 0.15) is 22.0 Å². The number of hydrogen-bond donors (Lipinski definition) is 5. The van der Waals surface area contributed by atoms with Crippen LogP contribution in [0.2, 0.25) is 0 Å². The molecule has 5 atom stereocenters. The Hall–Kier alpha value is -2.07. The van der Waals surface area contributed by atoms with Gasteiger partial charge in [0.15, 0.2) is 17.6 Å². The van der Waals surface area contributed by atoms with E-state index in [1.165, 1.54) is 7.11 Å². The lowest BCUT2D eigenvalue weighted by atomic mass is 9.86. The Morgan fingerprint density at radius 1 is 1.26 bits per heavy atom. The van der Waals surface area contributed by atoms with E-state index < -0.39 is 54.6 Å². The standard InChI is InChI=1S/C14H16O9/c1-21-11-5(16)2-4-7(9(11)18)12-13(23-14(4)20)10(19)8(17)6(3-15)22-12/h2,6,8,10,12-13,15-19H,3H2,1H3/t6-,8-,10?,12?,13-/m1/s1. The summed E-state index contributed by atoms with van der Waals surface area (Å²) in [5.74, 6) is -2.16. The molecule has 23 heavy (non-hydrogen) atoms. The molecule has 9 heteroatoms. The van der Waals surface area contributed by atoms with Gasteiger partial charge in [0.05, 0.1) is 19.3 Å². The van der Waals surface area contributed by atoms with E-state index in [1.54, 1.807) is 0 Å². The number of aliphatic hydroxyl groups excluding tert-OH is 3. The molecule has 0 spiro atoms. The van der Waals surface area contributed by atoms with E-state index in [4.69, 9.17) is 14.2 Å². The second-order valence-electron chi connectivity index (χ2n) is 5.37. The predicted molar refractivity (Wildman–Crippen MR) is 72.2 cm³/mol. The first-order valence-electron chi connectivity index (χ1n) is 6.87. The molecule has 3 rings (SSSR count). The zero-order valence-corrected chi connectivity index (χ0v) is 12.0. The van der Waals surface area contributed by atoms with E-state index in [0.29, 0.717) is 0 Å². The number of benzene rings is 1. The Morgan fingerprint density at radius 3 is 2.57 bits per heavy atom. The number of rotatable bonds is 2. The van der Waals surface area contributed by atoms with Crippen LogP contribution in [0.15, 0.2) is 6.07 Å². The van der Waals surface area contributed by atoms with E-state index in [1.807, 2.05) is 0 Å². The van der Waals surface area contributed by atoms with Crippen LogP contribution >= 0.6 is 0 Å². The maximum Gasteiger partial charge on any atom is 0.339 e. The van der Waals surface area contributed by atoms with Gasteiger partial charge in [-0.15, -0.1) is 0 Å². The van der Waals surface area contributed by atoms with E-state index >= 15 is 0 Å². The number of methoxy groups -OCH3 is 1. The van der Waals surface area contributed by atoms with Gasteiger partial charge in [0.2, 0.25) is 5.75 Å². The van der Waals surface area contributed by atoms with Gasteiger partial charge in [-0.3, -0.25) is 0 Å². The largest absolute Gasteiger partial charge is 0.504 e. The average molecular weight is 328 g/mol. The van der Waals surface area contributed by atoms with Crippen LogP contribution in [0, 0.1) is 0 Å². The van der Waals surface area contributed by atoms with Gasteiger partial charge in [-0.25, -0.2) is 4.79 Å². The third kappa shape index (κ3) is 2.20. The van der Waals surface area contributed by atoms with Crippen molar-refractivity contribution in [1.82, 2.24) is 0 Å². The molecule has 2 unspecified atom stereocenters. The second kappa shape index (κ2) is 5.53. The molecule has 1 aromatic rings. The van der Waals surface area contributed by atoms with Crippen LogP contribution in [0.3, 0.4) is 0 Å². The van der Waals surface area contributed by atoms with Crippen molar-refractivity contribution in [1.29, 1.82) is 0 Å². The Bertz CT molecular complexity index is 644. The Morgan fingerprint density at radius 2 is 1.96 bits per heavy atom. The lowest BCUT2D eigenvalue weighted by molar-refractivity contribution is -0.235. The van der Waals surface area contributed by atoms with Crippen LogP contribution in [0.4, 0.5) is 0 Å². The van der Waals surface area contributed by atoms with Gasteiger partial charge in [-0.1, -0.05) is 0 Å². The van der Waals surface area contributed by atoms with Gasteiger partial charge >= 0.3 is 5.97 Å². The molecule has 2 aliphatic heterocycles. The van der Waals surface area contributed by atoms with Crippen molar-refractivity contribution in [2.24, 2.45) is 0 Å². The van der Waals surface area contributed by atoms with Gasteiger partial charge in [-0.05, 0) is 6.07 Å². The van der Waals surface area contributed by atoms with Crippen LogP contribution in [0.25, 0.3) is 0 Å². The predicted octanol–water partition coefficient (Wildman–Crippen LogP) is -1.20. The second-order valence-corrected chi connectivity index (χ2v) is 5.37. The van der Waals surface area contributed by atoms with Crippen LogP contribution in [0.5, 0.6) is 17.2 Å². The van der Waals surface area contributed by atoms with Crippen molar-refractivity contribution in [2.75, 3.05) is 13.7 Å². The number of ether oxygens (including phenoxy) is 3. The summed E-state index contributed by atoms with van der Waals surface area (Å²) in [5, 5.41) is 49.3. The van der Waals surface area contributed by atoms with E-state index in [2.05, 4.69) is 0 Å². The fourth-order valence-corrected chi connectivity index (χ4v) is 2.95. The first kappa shape index (κ1) is 15.8. The summed E-state index contributed by atoms with van der Waals surface area (Å²) < 4.78 is 15.4. The first-order chi connectivity index (χ1) is 10.9. The number of hydrogen-bond acceptors (Lipinski definition) is 9. The molecule has 0 saturated carbocycles. The highest BCUT2D eigenvalue weighted by molar-refractivity contribution is 5.95. The zero-order chi connectivity index (χ0) is 16.9. The minimum atomic E-state index is -1.51. The number of esters is 1. The molecule has 1 saturated heterocycles. The molecular weight excluding hydrogens is 312 g/mol. The fraction of sp³-hybridized carbons (Fsp3) is 0.500. The van der Waals surface area contributed by atoms with E-state index in [9.17, 15) is 30.3 Å². The number of carbonyl (C=O) groups excluding carboxylic acids is 1. The van der Waals surface area contributed by atoms with Crippen molar-refractivity contribution >= 4 is 5.97 Å². The molecule has 0 radical (unpaired) electrons. The highest BCUT2D eigenvalue weighted by Gasteiger charge is 2.52. The normalized spacial score (nSPS) is 32.7. The number of carbonyl (C=O) groups is 1. The Kier molecular flexibility index (Phi) is 3.80. The number of phenols is 2. The van der Waals surface area contributed by atoms with Gasteiger partial charge in [0.25, 0.3) is 0 Å². The van der Waals surface area contributed by atoms with Crippen molar-refractivity contribution in [2.45, 2.75) is 30.5 Å². The molecule has 1 fully saturated rings. The molecule has 1 aromatic carbocycles. The molecule has 5 N–H and O–H groups in total. The molecule has 9 nitrogen and oxygen atoms in total. The maximum absolute atomic E-state index is 12.1. The summed E-state index contributed by atoms with van der Waals surface area (Å²) >= 11 is 0. The Labute approximate surface area is 130 Å². The Balaban J connectivity index is 2.16. The number of aliphatic hydroxyl groups is 3. The van der Waals surface area contributed by atoms with Crippen molar-refractivity contribution in [3.63, 3.8) is 0 Å². The molecule has 2 aliphatic rings. The summed E-state index contributed by atoms with van der Waals surface area (Å²) in [7, 11) is 1.22. The minimum Gasteiger partial charge on any atom is -0.504 e. The molecule has 2 heterocycles. The van der Waals surface area contributed by atoms with Crippen LogP contribution < -0.4 is 4.74 Å². The average Bonchev–Trinajstić information content (AvgIpc) is 2.52. The van der Waals surface area contributed by atoms with Crippen molar-refractivity contribution < 1.29 is 44.5 Å².